The summed E-state index contributed by atoms with van der Waals surface area (Å²) in [6.07, 6.45) is 3.33. The Morgan fingerprint density at radius 3 is 2.70 bits per heavy atom. The molecule has 2 rings (SSSR count). The first kappa shape index (κ1) is 15.6. The van der Waals surface area contributed by atoms with Crippen molar-refractivity contribution in [1.82, 2.24) is 9.97 Å². The minimum absolute atomic E-state index is 0.280. The molecule has 0 aliphatic heterocycles. The molecule has 1 saturated carbocycles. The van der Waals surface area contributed by atoms with Crippen LogP contribution in [0.25, 0.3) is 0 Å². The lowest BCUT2D eigenvalue weighted by Gasteiger charge is -2.09. The number of hydrogen-bond donors (Lipinski definition) is 1. The Balaban J connectivity index is 2.09. The highest BCUT2D eigenvalue weighted by atomic mass is 32.2. The fourth-order valence-corrected chi connectivity index (χ4v) is 3.76. The molecule has 20 heavy (non-hydrogen) atoms. The van der Waals surface area contributed by atoms with E-state index in [0.717, 1.165) is 42.3 Å². The van der Waals surface area contributed by atoms with Crippen LogP contribution in [0.15, 0.2) is 5.03 Å². The summed E-state index contributed by atoms with van der Waals surface area (Å²) in [4.78, 5) is 20.2. The van der Waals surface area contributed by atoms with Crippen LogP contribution in [-0.4, -0.2) is 38.3 Å². The Hall–Kier alpha value is -0.750. The van der Waals surface area contributed by atoms with Crippen LogP contribution >= 0.6 is 23.5 Å². The number of aromatic nitrogens is 2. The van der Waals surface area contributed by atoms with E-state index in [1.54, 1.807) is 18.7 Å². The van der Waals surface area contributed by atoms with Gasteiger partial charge in [-0.15, -0.1) is 11.8 Å². The van der Waals surface area contributed by atoms with Crippen LogP contribution in [0.2, 0.25) is 0 Å². The molecular formula is C14H20N2O2S2. The van der Waals surface area contributed by atoms with Crippen LogP contribution in [0.5, 0.6) is 0 Å². The molecule has 0 amide bonds. The van der Waals surface area contributed by atoms with Crippen molar-refractivity contribution < 1.29 is 9.90 Å². The number of rotatable bonds is 8. The van der Waals surface area contributed by atoms with E-state index in [2.05, 4.69) is 16.9 Å². The molecule has 0 saturated heterocycles. The maximum absolute atomic E-state index is 11.4. The smallest absolute Gasteiger partial charge is 0.340 e. The number of aryl methyl sites for hydroxylation is 1. The van der Waals surface area contributed by atoms with Gasteiger partial charge in [-0.2, -0.15) is 11.8 Å². The zero-order valence-corrected chi connectivity index (χ0v) is 13.5. The molecule has 0 unspecified atom stereocenters. The van der Waals surface area contributed by atoms with Gasteiger partial charge >= 0.3 is 5.97 Å². The first-order valence-electron chi connectivity index (χ1n) is 6.95. The van der Waals surface area contributed by atoms with Crippen LogP contribution in [0.1, 0.15) is 54.0 Å². The molecule has 1 fully saturated rings. The van der Waals surface area contributed by atoms with Gasteiger partial charge in [-0.3, -0.25) is 0 Å². The fraction of sp³-hybridized carbons (Fsp3) is 0.643. The van der Waals surface area contributed by atoms with Gasteiger partial charge in [0.1, 0.15) is 16.4 Å². The van der Waals surface area contributed by atoms with E-state index in [1.807, 2.05) is 11.8 Å². The van der Waals surface area contributed by atoms with Crippen molar-refractivity contribution in [3.8, 4) is 0 Å². The normalized spacial score (nSPS) is 14.5. The van der Waals surface area contributed by atoms with Crippen LogP contribution in [-0.2, 0) is 0 Å². The summed E-state index contributed by atoms with van der Waals surface area (Å²) in [5.41, 5.74) is 0.877. The molecule has 1 N–H and O–H groups in total. The van der Waals surface area contributed by atoms with Crippen molar-refractivity contribution in [3.63, 3.8) is 0 Å². The van der Waals surface area contributed by atoms with E-state index in [9.17, 15) is 9.90 Å². The summed E-state index contributed by atoms with van der Waals surface area (Å²) in [6.45, 7) is 3.92. The van der Waals surface area contributed by atoms with Gasteiger partial charge in [-0.1, -0.05) is 6.92 Å². The van der Waals surface area contributed by atoms with Crippen LogP contribution in [0, 0.1) is 6.92 Å². The van der Waals surface area contributed by atoms with Gasteiger partial charge in [0, 0.05) is 11.7 Å². The van der Waals surface area contributed by atoms with Crippen molar-refractivity contribution in [2.45, 2.75) is 44.1 Å². The highest BCUT2D eigenvalue weighted by molar-refractivity contribution is 8.00. The summed E-state index contributed by atoms with van der Waals surface area (Å²) >= 11 is 3.47. The zero-order chi connectivity index (χ0) is 14.5. The minimum atomic E-state index is -0.921. The fourth-order valence-electron chi connectivity index (χ4n) is 1.92. The third-order valence-electron chi connectivity index (χ3n) is 3.11. The lowest BCUT2D eigenvalue weighted by atomic mass is 10.2. The van der Waals surface area contributed by atoms with Crippen molar-refractivity contribution in [3.05, 3.63) is 17.1 Å². The lowest BCUT2D eigenvalue weighted by Crippen LogP contribution is -2.09. The predicted octanol–water partition coefficient (Wildman–Crippen LogP) is 3.60. The molecule has 0 bridgehead atoms. The van der Waals surface area contributed by atoms with Crippen molar-refractivity contribution in [2.75, 3.05) is 17.3 Å². The molecule has 4 nitrogen and oxygen atoms in total. The molecule has 1 aromatic heterocycles. The number of carboxylic acid groups (broad SMARTS) is 1. The van der Waals surface area contributed by atoms with Gasteiger partial charge in [0.25, 0.3) is 0 Å². The third-order valence-corrected chi connectivity index (χ3v) is 5.15. The van der Waals surface area contributed by atoms with Gasteiger partial charge in [0.05, 0.1) is 5.69 Å². The summed E-state index contributed by atoms with van der Waals surface area (Å²) in [6, 6.07) is 0. The van der Waals surface area contributed by atoms with Gasteiger partial charge in [-0.25, -0.2) is 14.8 Å². The Morgan fingerprint density at radius 1 is 1.35 bits per heavy atom. The monoisotopic (exact) mass is 312 g/mol. The van der Waals surface area contributed by atoms with E-state index >= 15 is 0 Å². The second kappa shape index (κ2) is 7.31. The van der Waals surface area contributed by atoms with Gasteiger partial charge in [0.2, 0.25) is 0 Å². The molecule has 6 heteroatoms. The minimum Gasteiger partial charge on any atom is -0.478 e. The molecule has 0 atom stereocenters. The Kier molecular flexibility index (Phi) is 5.72. The van der Waals surface area contributed by atoms with Crippen LogP contribution in [0.3, 0.4) is 0 Å². The van der Waals surface area contributed by atoms with E-state index < -0.39 is 5.97 Å². The first-order chi connectivity index (χ1) is 9.63. The summed E-state index contributed by atoms with van der Waals surface area (Å²) in [5, 5.41) is 9.98. The molecular weight excluding hydrogens is 292 g/mol. The maximum Gasteiger partial charge on any atom is 0.340 e. The highest BCUT2D eigenvalue weighted by Crippen LogP contribution is 2.39. The SMILES string of the molecule is CCSCCCSc1nc(C2CC2)nc(C)c1C(=O)O. The Labute approximate surface area is 128 Å². The molecule has 1 aliphatic carbocycles. The van der Waals surface area contributed by atoms with E-state index in [1.165, 1.54) is 0 Å². The third kappa shape index (κ3) is 4.12. The van der Waals surface area contributed by atoms with E-state index in [4.69, 9.17) is 0 Å². The quantitative estimate of drug-likeness (QED) is 0.449. The van der Waals surface area contributed by atoms with Crippen LogP contribution < -0.4 is 0 Å². The molecule has 110 valence electrons. The molecule has 1 aromatic rings. The maximum atomic E-state index is 11.4. The topological polar surface area (TPSA) is 63.1 Å². The van der Waals surface area contributed by atoms with E-state index in [-0.39, 0.29) is 5.56 Å². The number of aromatic carboxylic acids is 1. The van der Waals surface area contributed by atoms with Crippen molar-refractivity contribution >= 4 is 29.5 Å². The molecule has 0 aromatic carbocycles. The first-order valence-corrected chi connectivity index (χ1v) is 9.09. The molecule has 1 aliphatic rings. The largest absolute Gasteiger partial charge is 0.478 e. The molecule has 0 radical (unpaired) electrons. The predicted molar refractivity (Wildman–Crippen MR) is 84.0 cm³/mol. The zero-order valence-electron chi connectivity index (χ0n) is 11.9. The van der Waals surface area contributed by atoms with Crippen LogP contribution in [0.4, 0.5) is 0 Å². The summed E-state index contributed by atoms with van der Waals surface area (Å²) in [7, 11) is 0. The average molecular weight is 312 g/mol. The highest BCUT2D eigenvalue weighted by Gasteiger charge is 2.29. The van der Waals surface area contributed by atoms with E-state index in [0.29, 0.717) is 16.6 Å². The summed E-state index contributed by atoms with van der Waals surface area (Å²) in [5.74, 6) is 3.52. The molecule has 1 heterocycles. The van der Waals surface area contributed by atoms with Crippen molar-refractivity contribution in [2.24, 2.45) is 0 Å². The second-order valence-electron chi connectivity index (χ2n) is 4.83. The number of hydrogen-bond acceptors (Lipinski definition) is 5. The van der Waals surface area contributed by atoms with Gasteiger partial charge in [-0.05, 0) is 37.7 Å². The van der Waals surface area contributed by atoms with Gasteiger partial charge < -0.3 is 5.11 Å². The number of thioether (sulfide) groups is 2. The summed E-state index contributed by atoms with van der Waals surface area (Å²) < 4.78 is 0. The van der Waals surface area contributed by atoms with Crippen molar-refractivity contribution in [1.29, 1.82) is 0 Å². The Bertz CT molecular complexity index is 490. The second-order valence-corrected chi connectivity index (χ2v) is 7.30. The number of carboxylic acids is 1. The van der Waals surface area contributed by atoms with Gasteiger partial charge in [0.15, 0.2) is 0 Å². The Morgan fingerprint density at radius 2 is 2.10 bits per heavy atom. The number of carbonyl (C=O) groups is 1. The lowest BCUT2D eigenvalue weighted by molar-refractivity contribution is 0.0690. The number of nitrogens with zero attached hydrogens (tertiary/aromatic N) is 2. The average Bonchev–Trinajstić information content (AvgIpc) is 3.21. The molecule has 0 spiro atoms. The standard InChI is InChI=1S/C14H20N2O2S2/c1-3-19-7-4-8-20-13-11(14(17)18)9(2)15-12(16-13)10-5-6-10/h10H,3-8H2,1-2H3,(H,17,18).